The summed E-state index contributed by atoms with van der Waals surface area (Å²) >= 11 is 7.02. The van der Waals surface area contributed by atoms with E-state index in [2.05, 4.69) is 31.9 Å². The highest BCUT2D eigenvalue weighted by molar-refractivity contribution is 7.13. The zero-order valence-electron chi connectivity index (χ0n) is 16.9. The summed E-state index contributed by atoms with van der Waals surface area (Å²) in [5, 5.41) is 15.8. The van der Waals surface area contributed by atoms with Crippen LogP contribution in [0.5, 0.6) is 0 Å². The molecular weight excluding hydrogens is 450 g/mol. The molecule has 3 N–H and O–H groups in total. The van der Waals surface area contributed by atoms with Crippen LogP contribution >= 0.6 is 22.9 Å². The van der Waals surface area contributed by atoms with E-state index >= 15 is 0 Å². The number of amides is 2. The van der Waals surface area contributed by atoms with Gasteiger partial charge in [0.1, 0.15) is 18.2 Å². The Hall–Kier alpha value is -3.27. The fraction of sp³-hybridized carbons (Fsp3) is 0.182. The Bertz CT molecular complexity index is 1240. The summed E-state index contributed by atoms with van der Waals surface area (Å²) in [5.41, 5.74) is 2.80. The summed E-state index contributed by atoms with van der Waals surface area (Å²) in [6.07, 6.45) is 2.68. The van der Waals surface area contributed by atoms with Gasteiger partial charge in [0.2, 0.25) is 10.9 Å². The van der Waals surface area contributed by atoms with Crippen LogP contribution in [0.1, 0.15) is 20.4 Å². The van der Waals surface area contributed by atoms with Gasteiger partial charge in [-0.05, 0) is 36.2 Å². The average molecular weight is 470 g/mol. The van der Waals surface area contributed by atoms with E-state index in [9.17, 15) is 9.59 Å². The number of aromatic nitrogens is 3. The molecule has 2 amide bonds. The Morgan fingerprint density at radius 3 is 2.88 bits per heavy atom. The second-order valence-electron chi connectivity index (χ2n) is 6.92. The lowest BCUT2D eigenvalue weighted by molar-refractivity contribution is -0.126. The molecule has 164 valence electrons. The van der Waals surface area contributed by atoms with E-state index in [4.69, 9.17) is 16.3 Å². The van der Waals surface area contributed by atoms with Crippen LogP contribution in [0.15, 0.2) is 54.7 Å². The summed E-state index contributed by atoms with van der Waals surface area (Å²) in [6.45, 7) is 0.506. The highest BCUT2D eigenvalue weighted by Crippen LogP contribution is 2.18. The molecule has 0 fully saturated rings. The highest BCUT2D eigenvalue weighted by atomic mass is 35.5. The number of para-hydroxylation sites is 1. The molecule has 0 saturated heterocycles. The van der Waals surface area contributed by atoms with Crippen molar-refractivity contribution in [2.24, 2.45) is 0 Å². The van der Waals surface area contributed by atoms with Crippen molar-refractivity contribution in [3.63, 3.8) is 0 Å². The second kappa shape index (κ2) is 10.4. The largest absolute Gasteiger partial charge is 0.364 e. The number of benzene rings is 2. The maximum atomic E-state index is 12.3. The first-order chi connectivity index (χ1) is 15.6. The van der Waals surface area contributed by atoms with E-state index in [1.165, 1.54) is 0 Å². The Kier molecular flexibility index (Phi) is 7.10. The second-order valence-corrected chi connectivity index (χ2v) is 8.42. The van der Waals surface area contributed by atoms with Crippen LogP contribution in [0.25, 0.3) is 10.9 Å². The lowest BCUT2D eigenvalue weighted by Crippen LogP contribution is -2.29. The van der Waals surface area contributed by atoms with Crippen LogP contribution in [-0.4, -0.2) is 40.1 Å². The van der Waals surface area contributed by atoms with Crippen molar-refractivity contribution >= 4 is 51.3 Å². The summed E-state index contributed by atoms with van der Waals surface area (Å²) in [7, 11) is 0. The minimum atomic E-state index is -0.383. The molecule has 8 nitrogen and oxygen atoms in total. The van der Waals surface area contributed by atoms with Gasteiger partial charge in [0.15, 0.2) is 0 Å². The van der Waals surface area contributed by atoms with Crippen molar-refractivity contribution in [2.45, 2.75) is 13.0 Å². The quantitative estimate of drug-likeness (QED) is 0.345. The Labute approximate surface area is 193 Å². The lowest BCUT2D eigenvalue weighted by Gasteiger charge is -2.05. The molecule has 0 radical (unpaired) electrons. The number of rotatable bonds is 9. The third kappa shape index (κ3) is 5.70. The van der Waals surface area contributed by atoms with Crippen LogP contribution in [-0.2, 0) is 22.6 Å². The highest BCUT2D eigenvalue weighted by Gasteiger charge is 2.14. The summed E-state index contributed by atoms with van der Waals surface area (Å²) in [5.74, 6) is -0.598. The maximum Gasteiger partial charge on any atom is 0.286 e. The van der Waals surface area contributed by atoms with Gasteiger partial charge < -0.3 is 20.4 Å². The van der Waals surface area contributed by atoms with Crippen molar-refractivity contribution in [3.05, 3.63) is 75.3 Å². The first-order valence-electron chi connectivity index (χ1n) is 9.87. The monoisotopic (exact) mass is 469 g/mol. The lowest BCUT2D eigenvalue weighted by atomic mass is 10.1. The van der Waals surface area contributed by atoms with Gasteiger partial charge in [0.25, 0.3) is 5.91 Å². The maximum absolute atomic E-state index is 12.3. The van der Waals surface area contributed by atoms with Crippen LogP contribution in [0, 0.1) is 0 Å². The summed E-state index contributed by atoms with van der Waals surface area (Å²) in [4.78, 5) is 27.5. The van der Waals surface area contributed by atoms with Gasteiger partial charge in [-0.3, -0.25) is 9.59 Å². The number of H-pyrrole nitrogens is 1. The molecule has 0 spiro atoms. The normalized spacial score (nSPS) is 10.9. The molecule has 4 rings (SSSR count). The number of nitrogens with one attached hydrogen (secondary N) is 3. The van der Waals surface area contributed by atoms with Crippen LogP contribution in [0.4, 0.5) is 5.69 Å². The average Bonchev–Trinajstić information content (AvgIpc) is 3.41. The topological polar surface area (TPSA) is 109 Å². The van der Waals surface area contributed by atoms with Crippen LogP contribution < -0.4 is 10.6 Å². The smallest absolute Gasteiger partial charge is 0.286 e. The van der Waals surface area contributed by atoms with Gasteiger partial charge >= 0.3 is 0 Å². The molecule has 32 heavy (non-hydrogen) atoms. The Balaban J connectivity index is 1.18. The molecular formula is C22H20ClN5O3S. The molecule has 2 aromatic carbocycles. The fourth-order valence-electron chi connectivity index (χ4n) is 3.11. The van der Waals surface area contributed by atoms with Crippen LogP contribution in [0.2, 0.25) is 5.02 Å². The number of hydrogen-bond donors (Lipinski definition) is 3. The first kappa shape index (κ1) is 21.9. The van der Waals surface area contributed by atoms with Crippen molar-refractivity contribution < 1.29 is 14.3 Å². The van der Waals surface area contributed by atoms with E-state index in [1.807, 2.05) is 24.4 Å². The zero-order chi connectivity index (χ0) is 22.3. The molecule has 0 unspecified atom stereocenters. The minimum Gasteiger partial charge on any atom is -0.364 e. The third-order valence-electron chi connectivity index (χ3n) is 4.59. The van der Waals surface area contributed by atoms with Crippen molar-refractivity contribution in [1.82, 2.24) is 20.5 Å². The standard InChI is InChI=1S/C22H20ClN5O3S/c23-15-4-3-5-16(10-15)26-21(30)22-28-27-20(32-22)13-31-12-19(29)24-9-8-14-11-25-18-7-2-1-6-17(14)18/h1-7,10-11,25H,8-9,12-13H2,(H,24,29)(H,26,30). The molecule has 0 saturated carbocycles. The van der Waals surface area contributed by atoms with E-state index in [-0.39, 0.29) is 30.0 Å². The summed E-state index contributed by atoms with van der Waals surface area (Å²) in [6, 6.07) is 14.9. The van der Waals surface area contributed by atoms with Gasteiger partial charge in [0, 0.05) is 34.4 Å². The molecule has 4 aromatic rings. The fourth-order valence-corrected chi connectivity index (χ4v) is 3.97. The molecule has 0 aliphatic heterocycles. The third-order valence-corrected chi connectivity index (χ3v) is 5.72. The molecule has 0 aliphatic rings. The molecule has 0 bridgehead atoms. The number of carbonyl (C=O) groups excluding carboxylic acids is 2. The summed E-state index contributed by atoms with van der Waals surface area (Å²) < 4.78 is 5.41. The van der Waals surface area contributed by atoms with Gasteiger partial charge in [-0.2, -0.15) is 0 Å². The number of aromatic amines is 1. The molecule has 10 heteroatoms. The van der Waals surface area contributed by atoms with E-state index in [0.717, 1.165) is 34.2 Å². The van der Waals surface area contributed by atoms with E-state index in [1.54, 1.807) is 24.3 Å². The minimum absolute atomic E-state index is 0.0952. The number of nitrogens with zero attached hydrogens (tertiary/aromatic N) is 2. The van der Waals surface area contributed by atoms with Gasteiger partial charge in [-0.25, -0.2) is 0 Å². The van der Waals surface area contributed by atoms with Crippen molar-refractivity contribution in [3.8, 4) is 0 Å². The van der Waals surface area contributed by atoms with E-state index in [0.29, 0.717) is 22.3 Å². The Morgan fingerprint density at radius 1 is 1.12 bits per heavy atom. The predicted octanol–water partition coefficient (Wildman–Crippen LogP) is 3.80. The molecule has 0 atom stereocenters. The first-order valence-corrected chi connectivity index (χ1v) is 11.1. The number of anilines is 1. The Morgan fingerprint density at radius 2 is 2.00 bits per heavy atom. The van der Waals surface area contributed by atoms with Crippen molar-refractivity contribution in [1.29, 1.82) is 0 Å². The van der Waals surface area contributed by atoms with Crippen LogP contribution in [0.3, 0.4) is 0 Å². The van der Waals surface area contributed by atoms with E-state index < -0.39 is 0 Å². The number of carbonyl (C=O) groups is 2. The molecule has 0 aliphatic carbocycles. The SMILES string of the molecule is O=C(COCc1nnc(C(=O)Nc2cccc(Cl)c2)s1)NCCc1c[nH]c2ccccc12. The van der Waals surface area contributed by atoms with Gasteiger partial charge in [-0.15, -0.1) is 10.2 Å². The van der Waals surface area contributed by atoms with Crippen molar-refractivity contribution in [2.75, 3.05) is 18.5 Å². The van der Waals surface area contributed by atoms with Gasteiger partial charge in [0.05, 0.1) is 0 Å². The molecule has 2 aromatic heterocycles. The number of ether oxygens (including phenoxy) is 1. The molecule has 2 heterocycles. The van der Waals surface area contributed by atoms with Gasteiger partial charge in [-0.1, -0.05) is 47.2 Å². The zero-order valence-corrected chi connectivity index (χ0v) is 18.5. The number of hydrogen-bond acceptors (Lipinski definition) is 6. The number of fused-ring (bicyclic) bond motifs is 1. The predicted molar refractivity (Wildman–Crippen MR) is 124 cm³/mol. The number of halogens is 1.